The summed E-state index contributed by atoms with van der Waals surface area (Å²) in [4.78, 5) is 4.57. The van der Waals surface area contributed by atoms with Gasteiger partial charge in [0.15, 0.2) is 0 Å². The van der Waals surface area contributed by atoms with Crippen molar-refractivity contribution in [3.05, 3.63) is 60.7 Å². The van der Waals surface area contributed by atoms with E-state index in [2.05, 4.69) is 92.6 Å². The molecule has 0 aliphatic carbocycles. The van der Waals surface area contributed by atoms with Gasteiger partial charge in [-0.15, -0.1) is 0 Å². The van der Waals surface area contributed by atoms with Crippen LogP contribution in [0.5, 0.6) is 0 Å². The fourth-order valence-corrected chi connectivity index (χ4v) is 8.47. The zero-order chi connectivity index (χ0) is 17.8. The molecule has 1 heterocycles. The number of aliphatic imine (C=N–C) groups is 1. The molecule has 0 saturated carbocycles. The van der Waals surface area contributed by atoms with Gasteiger partial charge in [-0.1, -0.05) is 81.4 Å². The molecule has 0 N–H and O–H groups in total. The molecule has 2 aromatic rings. The molecule has 1 aliphatic rings. The maximum Gasteiger partial charge on any atom is 0.261 e. The molecule has 0 fully saturated rings. The Morgan fingerprint density at radius 2 is 1.52 bits per heavy atom. The molecule has 0 aromatic heterocycles. The lowest BCUT2D eigenvalue weighted by molar-refractivity contribution is 0.280. The Balaban J connectivity index is 1.97. The molecule has 3 heteroatoms. The molecular formula is C22H29NOSi. The third-order valence-corrected chi connectivity index (χ3v) is 10.2. The molecule has 0 unspecified atom stereocenters. The SMILES string of the molecule is CC(C)(C)[Si](OCC[C@@H]1CCC=N1)(c1ccccc1)c1ccccc1. The van der Waals surface area contributed by atoms with Gasteiger partial charge in [0.2, 0.25) is 0 Å². The van der Waals surface area contributed by atoms with Gasteiger partial charge in [-0.25, -0.2) is 0 Å². The lowest BCUT2D eigenvalue weighted by Gasteiger charge is -2.43. The second kappa shape index (κ2) is 7.67. The van der Waals surface area contributed by atoms with Crippen LogP contribution in [0.15, 0.2) is 65.7 Å². The van der Waals surface area contributed by atoms with Gasteiger partial charge in [0.25, 0.3) is 8.32 Å². The van der Waals surface area contributed by atoms with Gasteiger partial charge in [-0.2, -0.15) is 0 Å². The van der Waals surface area contributed by atoms with Crippen LogP contribution in [0, 0.1) is 0 Å². The van der Waals surface area contributed by atoms with E-state index in [0.717, 1.165) is 19.4 Å². The fraction of sp³-hybridized carbons (Fsp3) is 0.409. The van der Waals surface area contributed by atoms with Crippen molar-refractivity contribution >= 4 is 24.9 Å². The van der Waals surface area contributed by atoms with E-state index >= 15 is 0 Å². The highest BCUT2D eigenvalue weighted by Crippen LogP contribution is 2.36. The quantitative estimate of drug-likeness (QED) is 0.715. The van der Waals surface area contributed by atoms with Crippen molar-refractivity contribution in [3.8, 4) is 0 Å². The topological polar surface area (TPSA) is 21.6 Å². The van der Waals surface area contributed by atoms with E-state index in [1.807, 2.05) is 0 Å². The summed E-state index contributed by atoms with van der Waals surface area (Å²) in [5.41, 5.74) is 0. The second-order valence-corrected chi connectivity index (χ2v) is 12.2. The van der Waals surface area contributed by atoms with Gasteiger partial charge in [0.1, 0.15) is 0 Å². The van der Waals surface area contributed by atoms with Crippen LogP contribution in [0.25, 0.3) is 0 Å². The first kappa shape index (κ1) is 18.1. The predicted molar refractivity (Wildman–Crippen MR) is 110 cm³/mol. The minimum Gasteiger partial charge on any atom is -0.407 e. The highest BCUT2D eigenvalue weighted by atomic mass is 28.4. The van der Waals surface area contributed by atoms with Crippen LogP contribution < -0.4 is 10.4 Å². The molecule has 0 amide bonds. The van der Waals surface area contributed by atoms with Gasteiger partial charge in [0.05, 0.1) is 6.04 Å². The standard InChI is InChI=1S/C22H29NOSi/c1-22(2,3)25(20-12-6-4-7-13-20,21-14-8-5-9-15-21)24-18-16-19-11-10-17-23-19/h4-9,12-15,17,19H,10-11,16,18H2,1-3H3/t19-/m0/s1. The van der Waals surface area contributed by atoms with Crippen LogP contribution >= 0.6 is 0 Å². The van der Waals surface area contributed by atoms with Gasteiger partial charge >= 0.3 is 0 Å². The number of hydrogen-bond acceptors (Lipinski definition) is 2. The van der Waals surface area contributed by atoms with Crippen molar-refractivity contribution in [2.45, 2.75) is 51.1 Å². The lowest BCUT2D eigenvalue weighted by atomic mass is 10.2. The zero-order valence-electron chi connectivity index (χ0n) is 15.6. The van der Waals surface area contributed by atoms with E-state index in [0.29, 0.717) is 6.04 Å². The molecule has 2 aromatic carbocycles. The van der Waals surface area contributed by atoms with Crippen molar-refractivity contribution in [1.29, 1.82) is 0 Å². The van der Waals surface area contributed by atoms with Crippen molar-refractivity contribution < 1.29 is 4.43 Å². The number of nitrogens with zero attached hydrogens (tertiary/aromatic N) is 1. The Morgan fingerprint density at radius 3 is 1.96 bits per heavy atom. The maximum atomic E-state index is 6.89. The lowest BCUT2D eigenvalue weighted by Crippen LogP contribution is -2.66. The number of benzene rings is 2. The summed E-state index contributed by atoms with van der Waals surface area (Å²) in [7, 11) is -2.37. The minimum atomic E-state index is -2.37. The molecule has 0 radical (unpaired) electrons. The van der Waals surface area contributed by atoms with Gasteiger partial charge in [-0.05, 0) is 40.9 Å². The fourth-order valence-electron chi connectivity index (χ4n) is 3.89. The van der Waals surface area contributed by atoms with E-state index in [1.165, 1.54) is 16.8 Å². The predicted octanol–water partition coefficient (Wildman–Crippen LogP) is 4.19. The molecule has 0 spiro atoms. The summed E-state index contributed by atoms with van der Waals surface area (Å²) in [5, 5.41) is 2.75. The third-order valence-electron chi connectivity index (χ3n) is 5.13. The van der Waals surface area contributed by atoms with Crippen molar-refractivity contribution in [2.24, 2.45) is 4.99 Å². The van der Waals surface area contributed by atoms with E-state index < -0.39 is 8.32 Å². The molecule has 0 saturated heterocycles. The van der Waals surface area contributed by atoms with E-state index in [4.69, 9.17) is 4.43 Å². The van der Waals surface area contributed by atoms with E-state index in [9.17, 15) is 0 Å². The van der Waals surface area contributed by atoms with Crippen LogP contribution in [-0.4, -0.2) is 27.2 Å². The Hall–Kier alpha value is -1.71. The van der Waals surface area contributed by atoms with Crippen LogP contribution in [0.4, 0.5) is 0 Å². The van der Waals surface area contributed by atoms with E-state index in [-0.39, 0.29) is 5.04 Å². The first-order valence-electron chi connectivity index (χ1n) is 9.31. The largest absolute Gasteiger partial charge is 0.407 e. The summed E-state index contributed by atoms with van der Waals surface area (Å²) < 4.78 is 6.89. The monoisotopic (exact) mass is 351 g/mol. The van der Waals surface area contributed by atoms with Crippen molar-refractivity contribution in [3.63, 3.8) is 0 Å². The second-order valence-electron chi connectivity index (χ2n) is 7.86. The average Bonchev–Trinajstić information content (AvgIpc) is 3.13. The first-order valence-corrected chi connectivity index (χ1v) is 11.2. The van der Waals surface area contributed by atoms with Crippen LogP contribution in [0.1, 0.15) is 40.0 Å². The molecule has 0 bridgehead atoms. The average molecular weight is 352 g/mol. The summed E-state index contributed by atoms with van der Waals surface area (Å²) in [6, 6.07) is 22.2. The highest BCUT2D eigenvalue weighted by Gasteiger charge is 2.50. The molecule has 3 rings (SSSR count). The van der Waals surface area contributed by atoms with Gasteiger partial charge in [-0.3, -0.25) is 4.99 Å². The maximum absolute atomic E-state index is 6.89. The normalized spacial score (nSPS) is 17.8. The molecular weight excluding hydrogens is 322 g/mol. The number of rotatable bonds is 6. The smallest absolute Gasteiger partial charge is 0.261 e. The molecule has 1 aliphatic heterocycles. The summed E-state index contributed by atoms with van der Waals surface area (Å²) in [6.45, 7) is 7.75. The van der Waals surface area contributed by atoms with Crippen molar-refractivity contribution in [1.82, 2.24) is 0 Å². The highest BCUT2D eigenvalue weighted by molar-refractivity contribution is 6.99. The summed E-state index contributed by atoms with van der Waals surface area (Å²) in [6.07, 6.45) is 5.36. The van der Waals surface area contributed by atoms with E-state index in [1.54, 1.807) is 0 Å². The van der Waals surface area contributed by atoms with Gasteiger partial charge < -0.3 is 4.43 Å². The molecule has 1 atom stereocenters. The number of hydrogen-bond donors (Lipinski definition) is 0. The van der Waals surface area contributed by atoms with Crippen molar-refractivity contribution in [2.75, 3.05) is 6.61 Å². The minimum absolute atomic E-state index is 0.0502. The van der Waals surface area contributed by atoms with Gasteiger partial charge in [0, 0.05) is 6.61 Å². The Morgan fingerprint density at radius 1 is 0.960 bits per heavy atom. The Labute approximate surface area is 153 Å². The van der Waals surface area contributed by atoms with Crippen LogP contribution in [-0.2, 0) is 4.43 Å². The Kier molecular flexibility index (Phi) is 5.55. The molecule has 132 valence electrons. The summed E-state index contributed by atoms with van der Waals surface area (Å²) >= 11 is 0. The third kappa shape index (κ3) is 3.78. The van der Waals surface area contributed by atoms with Crippen LogP contribution in [0.3, 0.4) is 0 Å². The first-order chi connectivity index (χ1) is 12.0. The molecule has 25 heavy (non-hydrogen) atoms. The summed E-state index contributed by atoms with van der Waals surface area (Å²) in [5.74, 6) is 0. The zero-order valence-corrected chi connectivity index (χ0v) is 16.6. The van der Waals surface area contributed by atoms with Crippen LogP contribution in [0.2, 0.25) is 5.04 Å². The molecule has 2 nitrogen and oxygen atoms in total. The Bertz CT molecular complexity index is 651.